The number of amides is 1. The lowest BCUT2D eigenvalue weighted by Crippen LogP contribution is -2.39. The van der Waals surface area contributed by atoms with Crippen molar-refractivity contribution in [3.8, 4) is 0 Å². The van der Waals surface area contributed by atoms with Gasteiger partial charge in [-0.1, -0.05) is 0 Å². The first kappa shape index (κ1) is 10.6. The Kier molecular flexibility index (Phi) is 3.61. The quantitative estimate of drug-likeness (QED) is 0.692. The highest BCUT2D eigenvalue weighted by molar-refractivity contribution is 7.99. The summed E-state index contributed by atoms with van der Waals surface area (Å²) in [6.45, 7) is 0.742. The maximum atomic E-state index is 12.1. The summed E-state index contributed by atoms with van der Waals surface area (Å²) in [6, 6.07) is 0.520. The highest BCUT2D eigenvalue weighted by Gasteiger charge is 2.36. The van der Waals surface area contributed by atoms with E-state index in [2.05, 4.69) is 0 Å². The highest BCUT2D eigenvalue weighted by atomic mass is 35.5. The van der Waals surface area contributed by atoms with E-state index in [1.54, 1.807) is 0 Å². The Morgan fingerprint density at radius 1 is 1.43 bits per heavy atom. The minimum atomic E-state index is 0.281. The van der Waals surface area contributed by atoms with Gasteiger partial charge in [-0.3, -0.25) is 4.79 Å². The molecule has 4 heteroatoms. The Balaban J connectivity index is 1.91. The number of thioether (sulfide) groups is 1. The predicted octanol–water partition coefficient (Wildman–Crippen LogP) is 1.97. The second-order valence-corrected chi connectivity index (χ2v) is 5.54. The third kappa shape index (κ3) is 2.37. The van der Waals surface area contributed by atoms with Crippen LogP contribution in [-0.4, -0.2) is 40.8 Å². The highest BCUT2D eigenvalue weighted by Crippen LogP contribution is 2.31. The second-order valence-electron chi connectivity index (χ2n) is 4.01. The number of alkyl halides is 1. The first-order valence-corrected chi connectivity index (χ1v) is 6.96. The molecule has 1 saturated heterocycles. The van der Waals surface area contributed by atoms with E-state index in [1.807, 2.05) is 16.7 Å². The van der Waals surface area contributed by atoms with Gasteiger partial charge >= 0.3 is 0 Å². The third-order valence-electron chi connectivity index (χ3n) is 2.88. The van der Waals surface area contributed by atoms with Crippen LogP contribution in [0.25, 0.3) is 0 Å². The van der Waals surface area contributed by atoms with Crippen molar-refractivity contribution in [2.45, 2.75) is 25.3 Å². The monoisotopic (exact) mass is 233 g/mol. The Bertz CT molecular complexity index is 214. The molecule has 1 amide bonds. The maximum absolute atomic E-state index is 12.1. The smallest absolute Gasteiger partial charge is 0.226 e. The summed E-state index contributed by atoms with van der Waals surface area (Å²) in [5.74, 6) is 3.38. The van der Waals surface area contributed by atoms with Crippen molar-refractivity contribution in [1.82, 2.24) is 4.90 Å². The van der Waals surface area contributed by atoms with Crippen LogP contribution in [0.5, 0.6) is 0 Å². The van der Waals surface area contributed by atoms with Crippen molar-refractivity contribution in [3.63, 3.8) is 0 Å². The molecule has 14 heavy (non-hydrogen) atoms. The van der Waals surface area contributed by atoms with Gasteiger partial charge in [-0.25, -0.2) is 0 Å². The topological polar surface area (TPSA) is 20.3 Å². The summed E-state index contributed by atoms with van der Waals surface area (Å²) in [7, 11) is 0. The maximum Gasteiger partial charge on any atom is 0.226 e. The van der Waals surface area contributed by atoms with Crippen LogP contribution in [0.4, 0.5) is 0 Å². The van der Waals surface area contributed by atoms with Crippen molar-refractivity contribution in [2.24, 2.45) is 5.92 Å². The zero-order valence-corrected chi connectivity index (χ0v) is 9.82. The molecule has 0 bridgehead atoms. The van der Waals surface area contributed by atoms with Crippen LogP contribution in [-0.2, 0) is 4.79 Å². The van der Waals surface area contributed by atoms with Gasteiger partial charge in [0, 0.05) is 30.1 Å². The standard InChI is InChI=1S/C10H16ClNOS/c11-4-5-12(9-1-2-9)10(13)8-3-6-14-7-8/h8-9H,1-7H2. The molecule has 0 spiro atoms. The molecular formula is C10H16ClNOS. The van der Waals surface area contributed by atoms with Crippen molar-refractivity contribution >= 4 is 29.3 Å². The Hall–Kier alpha value is 0.110. The van der Waals surface area contributed by atoms with Crippen LogP contribution >= 0.6 is 23.4 Å². The largest absolute Gasteiger partial charge is 0.338 e. The number of carbonyl (C=O) groups excluding carboxylic acids is 1. The number of hydrogen-bond acceptors (Lipinski definition) is 2. The van der Waals surface area contributed by atoms with E-state index >= 15 is 0 Å². The summed E-state index contributed by atoms with van der Waals surface area (Å²) < 4.78 is 0. The van der Waals surface area contributed by atoms with Gasteiger partial charge in [0.15, 0.2) is 0 Å². The molecule has 2 rings (SSSR count). The number of rotatable bonds is 4. The average Bonchev–Trinajstić information content (AvgIpc) is 2.88. The number of carbonyl (C=O) groups is 1. The fraction of sp³-hybridized carbons (Fsp3) is 0.900. The molecule has 1 aliphatic carbocycles. The minimum absolute atomic E-state index is 0.281. The summed E-state index contributed by atoms with van der Waals surface area (Å²) in [4.78, 5) is 14.1. The molecule has 2 nitrogen and oxygen atoms in total. The number of hydrogen-bond donors (Lipinski definition) is 0. The molecule has 1 heterocycles. The van der Waals surface area contributed by atoms with Gasteiger partial charge in [0.25, 0.3) is 0 Å². The molecule has 0 N–H and O–H groups in total. The third-order valence-corrected chi connectivity index (χ3v) is 4.21. The first-order chi connectivity index (χ1) is 6.83. The van der Waals surface area contributed by atoms with Gasteiger partial charge in [-0.05, 0) is 25.0 Å². The molecule has 0 radical (unpaired) electrons. The normalized spacial score (nSPS) is 26.5. The second kappa shape index (κ2) is 4.75. The number of nitrogens with zero attached hydrogens (tertiary/aromatic N) is 1. The van der Waals surface area contributed by atoms with E-state index in [4.69, 9.17) is 11.6 Å². The van der Waals surface area contributed by atoms with Crippen LogP contribution in [0.15, 0.2) is 0 Å². The molecule has 80 valence electrons. The summed E-state index contributed by atoms with van der Waals surface area (Å²) >= 11 is 7.62. The first-order valence-electron chi connectivity index (χ1n) is 5.27. The van der Waals surface area contributed by atoms with E-state index < -0.39 is 0 Å². The molecule has 1 unspecified atom stereocenters. The van der Waals surface area contributed by atoms with E-state index in [0.717, 1.165) is 24.5 Å². The van der Waals surface area contributed by atoms with Gasteiger partial charge in [0.1, 0.15) is 0 Å². The molecule has 2 aliphatic rings. The molecule has 1 atom stereocenters. The average molecular weight is 234 g/mol. The molecule has 1 aliphatic heterocycles. The van der Waals surface area contributed by atoms with E-state index in [1.165, 1.54) is 12.8 Å². The van der Waals surface area contributed by atoms with E-state index in [9.17, 15) is 4.79 Å². The Labute approximate surface area is 94.4 Å². The predicted molar refractivity (Wildman–Crippen MR) is 60.9 cm³/mol. The van der Waals surface area contributed by atoms with Crippen molar-refractivity contribution in [1.29, 1.82) is 0 Å². The van der Waals surface area contributed by atoms with Gasteiger partial charge in [-0.15, -0.1) is 11.6 Å². The van der Waals surface area contributed by atoms with Crippen molar-refractivity contribution in [3.05, 3.63) is 0 Å². The molecule has 0 aromatic heterocycles. The van der Waals surface area contributed by atoms with Gasteiger partial charge < -0.3 is 4.90 Å². The number of halogens is 1. The molecule has 1 saturated carbocycles. The van der Waals surface area contributed by atoms with Crippen LogP contribution in [0.3, 0.4) is 0 Å². The molecule has 0 aromatic carbocycles. The summed E-state index contributed by atoms with van der Waals surface area (Å²) in [5, 5.41) is 0. The van der Waals surface area contributed by atoms with Crippen LogP contribution < -0.4 is 0 Å². The minimum Gasteiger partial charge on any atom is -0.338 e. The molecule has 0 aromatic rings. The lowest BCUT2D eigenvalue weighted by Gasteiger charge is -2.24. The molecule has 2 fully saturated rings. The fourth-order valence-electron chi connectivity index (χ4n) is 1.91. The van der Waals surface area contributed by atoms with Gasteiger partial charge in [-0.2, -0.15) is 11.8 Å². The van der Waals surface area contributed by atoms with Crippen LogP contribution in [0.2, 0.25) is 0 Å². The zero-order valence-electron chi connectivity index (χ0n) is 8.25. The van der Waals surface area contributed by atoms with E-state index in [-0.39, 0.29) is 5.92 Å². The van der Waals surface area contributed by atoms with Crippen molar-refractivity contribution in [2.75, 3.05) is 23.9 Å². The Morgan fingerprint density at radius 3 is 2.71 bits per heavy atom. The lowest BCUT2D eigenvalue weighted by atomic mass is 10.1. The SMILES string of the molecule is O=C(C1CCSC1)N(CCCl)C1CC1. The van der Waals surface area contributed by atoms with Gasteiger partial charge in [0.2, 0.25) is 5.91 Å². The zero-order chi connectivity index (χ0) is 9.97. The molecular weight excluding hydrogens is 218 g/mol. The van der Waals surface area contributed by atoms with E-state index in [0.29, 0.717) is 17.8 Å². The van der Waals surface area contributed by atoms with Crippen LogP contribution in [0, 0.1) is 5.92 Å². The Morgan fingerprint density at radius 2 is 2.21 bits per heavy atom. The fourth-order valence-corrected chi connectivity index (χ4v) is 3.31. The summed E-state index contributed by atoms with van der Waals surface area (Å²) in [5.41, 5.74) is 0. The van der Waals surface area contributed by atoms with Gasteiger partial charge in [0.05, 0.1) is 0 Å². The summed E-state index contributed by atoms with van der Waals surface area (Å²) in [6.07, 6.45) is 3.43. The van der Waals surface area contributed by atoms with Crippen LogP contribution in [0.1, 0.15) is 19.3 Å². The lowest BCUT2D eigenvalue weighted by molar-refractivity contribution is -0.135. The van der Waals surface area contributed by atoms with Crippen molar-refractivity contribution < 1.29 is 4.79 Å².